The first-order chi connectivity index (χ1) is 12.6. The summed E-state index contributed by atoms with van der Waals surface area (Å²) in [4.78, 5) is 11.9. The van der Waals surface area contributed by atoms with Gasteiger partial charge in [0.1, 0.15) is 0 Å². The van der Waals surface area contributed by atoms with Crippen molar-refractivity contribution in [2.75, 3.05) is 26.9 Å². The van der Waals surface area contributed by atoms with E-state index in [-0.39, 0.29) is 24.6 Å². The van der Waals surface area contributed by atoms with Crippen LogP contribution in [0.3, 0.4) is 0 Å². The van der Waals surface area contributed by atoms with E-state index >= 15 is 0 Å². The molecule has 5 nitrogen and oxygen atoms in total. The molecule has 0 saturated carbocycles. The van der Waals surface area contributed by atoms with Crippen LogP contribution in [0.1, 0.15) is 90.9 Å². The van der Waals surface area contributed by atoms with Crippen LogP contribution in [-0.2, 0) is 9.53 Å². The predicted octanol–water partition coefficient (Wildman–Crippen LogP) is 3.79. The summed E-state index contributed by atoms with van der Waals surface area (Å²) in [7, 11) is 1.60. The van der Waals surface area contributed by atoms with Crippen LogP contribution in [0, 0.1) is 0 Å². The average Bonchev–Trinajstić information content (AvgIpc) is 2.62. The van der Waals surface area contributed by atoms with Crippen molar-refractivity contribution in [1.82, 2.24) is 10.6 Å². The third kappa shape index (κ3) is 16.8. The first-order valence-corrected chi connectivity index (χ1v) is 10.8. The van der Waals surface area contributed by atoms with E-state index in [1.807, 2.05) is 0 Å². The number of rotatable bonds is 19. The van der Waals surface area contributed by atoms with Gasteiger partial charge in [-0.25, -0.2) is 0 Å². The maximum atomic E-state index is 11.9. The van der Waals surface area contributed by atoms with Gasteiger partial charge in [-0.15, -0.1) is 0 Å². The Labute approximate surface area is 161 Å². The van der Waals surface area contributed by atoms with Crippen LogP contribution < -0.4 is 10.6 Å². The van der Waals surface area contributed by atoms with E-state index in [0.717, 1.165) is 6.42 Å². The lowest BCUT2D eigenvalue weighted by molar-refractivity contribution is -0.121. The number of ether oxygens (including phenoxy) is 1. The molecule has 5 heteroatoms. The minimum atomic E-state index is -0.100. The molecule has 156 valence electrons. The van der Waals surface area contributed by atoms with Crippen LogP contribution in [0.25, 0.3) is 0 Å². The molecule has 0 aliphatic rings. The fourth-order valence-corrected chi connectivity index (χ4v) is 3.12. The summed E-state index contributed by atoms with van der Waals surface area (Å²) in [6.07, 6.45) is 14.9. The third-order valence-electron chi connectivity index (χ3n) is 4.77. The zero-order valence-electron chi connectivity index (χ0n) is 17.5. The van der Waals surface area contributed by atoms with Gasteiger partial charge in [-0.3, -0.25) is 4.79 Å². The zero-order chi connectivity index (χ0) is 19.5. The molecule has 3 N–H and O–H groups in total. The van der Waals surface area contributed by atoms with Gasteiger partial charge in [0, 0.05) is 26.1 Å². The van der Waals surface area contributed by atoms with Gasteiger partial charge in [-0.1, -0.05) is 71.1 Å². The largest absolute Gasteiger partial charge is 0.395 e. The smallest absolute Gasteiger partial charge is 0.221 e. The van der Waals surface area contributed by atoms with Gasteiger partial charge in [0.25, 0.3) is 0 Å². The highest BCUT2D eigenvalue weighted by Crippen LogP contribution is 2.12. The SMILES string of the molecule is CCCCCCCCCCCCC(C)NC(=O)CCNC(CO)COC. The van der Waals surface area contributed by atoms with E-state index in [4.69, 9.17) is 9.84 Å². The van der Waals surface area contributed by atoms with Crippen molar-refractivity contribution in [2.45, 2.75) is 103 Å². The van der Waals surface area contributed by atoms with E-state index in [0.29, 0.717) is 19.6 Å². The molecule has 0 spiro atoms. The highest BCUT2D eigenvalue weighted by atomic mass is 16.5. The number of unbranched alkanes of at least 4 members (excludes halogenated alkanes) is 9. The molecule has 26 heavy (non-hydrogen) atoms. The third-order valence-corrected chi connectivity index (χ3v) is 4.77. The number of methoxy groups -OCH3 is 1. The van der Waals surface area contributed by atoms with E-state index in [1.54, 1.807) is 7.11 Å². The van der Waals surface area contributed by atoms with Crippen LogP contribution in [0.4, 0.5) is 0 Å². The molecule has 0 fully saturated rings. The molecule has 0 heterocycles. The highest BCUT2D eigenvalue weighted by Gasteiger charge is 2.09. The molecular formula is C21H44N2O3. The molecule has 0 aromatic rings. The number of carbonyl (C=O) groups excluding carboxylic acids is 1. The Kier molecular flexibility index (Phi) is 18.6. The first-order valence-electron chi connectivity index (χ1n) is 10.8. The normalized spacial score (nSPS) is 13.5. The van der Waals surface area contributed by atoms with Gasteiger partial charge in [0.2, 0.25) is 5.91 Å². The summed E-state index contributed by atoms with van der Waals surface area (Å²) in [6.45, 7) is 5.37. The number of amides is 1. The number of hydrogen-bond donors (Lipinski definition) is 3. The predicted molar refractivity (Wildman–Crippen MR) is 109 cm³/mol. The average molecular weight is 373 g/mol. The number of hydrogen-bond acceptors (Lipinski definition) is 4. The Balaban J connectivity index is 3.46. The summed E-state index contributed by atoms with van der Waals surface area (Å²) < 4.78 is 5.00. The summed E-state index contributed by atoms with van der Waals surface area (Å²) in [5, 5.41) is 15.3. The van der Waals surface area contributed by atoms with Crippen molar-refractivity contribution in [3.05, 3.63) is 0 Å². The standard InChI is InChI=1S/C21H44N2O3/c1-4-5-6-7-8-9-10-11-12-13-14-19(2)23-21(25)15-16-22-20(17-24)18-26-3/h19-20,22,24H,4-18H2,1-3H3,(H,23,25). The monoisotopic (exact) mass is 372 g/mol. The molecule has 0 aromatic heterocycles. The van der Waals surface area contributed by atoms with Crippen molar-refractivity contribution < 1.29 is 14.6 Å². The van der Waals surface area contributed by atoms with Gasteiger partial charge in [-0.2, -0.15) is 0 Å². The Hall–Kier alpha value is -0.650. The quantitative estimate of drug-likeness (QED) is 0.302. The second kappa shape index (κ2) is 19.1. The van der Waals surface area contributed by atoms with Crippen molar-refractivity contribution in [3.8, 4) is 0 Å². The molecule has 0 aromatic carbocycles. The number of carbonyl (C=O) groups is 1. The van der Waals surface area contributed by atoms with Crippen LogP contribution >= 0.6 is 0 Å². The van der Waals surface area contributed by atoms with E-state index < -0.39 is 0 Å². The van der Waals surface area contributed by atoms with Gasteiger partial charge in [0.15, 0.2) is 0 Å². The minimum absolute atomic E-state index is 0.0185. The van der Waals surface area contributed by atoms with E-state index in [1.165, 1.54) is 64.2 Å². The topological polar surface area (TPSA) is 70.6 Å². The molecule has 0 bridgehead atoms. The van der Waals surface area contributed by atoms with Crippen molar-refractivity contribution in [2.24, 2.45) is 0 Å². The van der Waals surface area contributed by atoms with Gasteiger partial charge >= 0.3 is 0 Å². The summed E-state index contributed by atoms with van der Waals surface area (Å²) in [5.74, 6) is 0.0752. The van der Waals surface area contributed by atoms with Gasteiger partial charge < -0.3 is 20.5 Å². The number of nitrogens with one attached hydrogen (secondary N) is 2. The van der Waals surface area contributed by atoms with Crippen LogP contribution in [-0.4, -0.2) is 50.0 Å². The second-order valence-corrected chi connectivity index (χ2v) is 7.48. The van der Waals surface area contributed by atoms with Crippen LogP contribution in [0.2, 0.25) is 0 Å². The van der Waals surface area contributed by atoms with E-state index in [9.17, 15) is 4.79 Å². The van der Waals surface area contributed by atoms with Gasteiger partial charge in [0.05, 0.1) is 19.3 Å². The molecule has 0 rings (SSSR count). The highest BCUT2D eigenvalue weighted by molar-refractivity contribution is 5.76. The lowest BCUT2D eigenvalue weighted by Gasteiger charge is -2.16. The molecular weight excluding hydrogens is 328 g/mol. The Bertz CT molecular complexity index is 314. The molecule has 0 radical (unpaired) electrons. The maximum Gasteiger partial charge on any atom is 0.221 e. The van der Waals surface area contributed by atoms with Crippen molar-refractivity contribution in [3.63, 3.8) is 0 Å². The second-order valence-electron chi connectivity index (χ2n) is 7.48. The lowest BCUT2D eigenvalue weighted by Crippen LogP contribution is -2.40. The molecule has 2 atom stereocenters. The fourth-order valence-electron chi connectivity index (χ4n) is 3.12. The molecule has 1 amide bonds. The van der Waals surface area contributed by atoms with Crippen molar-refractivity contribution >= 4 is 5.91 Å². The Morgan fingerprint density at radius 3 is 2.12 bits per heavy atom. The lowest BCUT2D eigenvalue weighted by atomic mass is 10.0. The van der Waals surface area contributed by atoms with Gasteiger partial charge in [-0.05, 0) is 13.3 Å². The molecule has 0 saturated heterocycles. The van der Waals surface area contributed by atoms with Crippen LogP contribution in [0.15, 0.2) is 0 Å². The maximum absolute atomic E-state index is 11.9. The summed E-state index contributed by atoms with van der Waals surface area (Å²) in [6, 6.07) is 0.140. The van der Waals surface area contributed by atoms with Crippen molar-refractivity contribution in [1.29, 1.82) is 0 Å². The minimum Gasteiger partial charge on any atom is -0.395 e. The Morgan fingerprint density at radius 1 is 1.00 bits per heavy atom. The molecule has 0 aliphatic heterocycles. The number of aliphatic hydroxyl groups is 1. The zero-order valence-corrected chi connectivity index (χ0v) is 17.5. The summed E-state index contributed by atoms with van der Waals surface area (Å²) >= 11 is 0. The summed E-state index contributed by atoms with van der Waals surface area (Å²) in [5.41, 5.74) is 0. The fraction of sp³-hybridized carbons (Fsp3) is 0.952. The molecule has 2 unspecified atom stereocenters. The Morgan fingerprint density at radius 2 is 1.58 bits per heavy atom. The molecule has 0 aliphatic carbocycles. The van der Waals surface area contributed by atoms with E-state index in [2.05, 4.69) is 24.5 Å². The van der Waals surface area contributed by atoms with Crippen LogP contribution in [0.5, 0.6) is 0 Å². The number of aliphatic hydroxyl groups excluding tert-OH is 1. The first kappa shape index (κ1) is 25.4.